The smallest absolute Gasteiger partial charge is 0.236 e. The van der Waals surface area contributed by atoms with Gasteiger partial charge in [-0.1, -0.05) is 35.5 Å². The summed E-state index contributed by atoms with van der Waals surface area (Å²) in [5.74, 6) is 1.55. The van der Waals surface area contributed by atoms with E-state index in [4.69, 9.17) is 4.52 Å². The molecule has 0 aliphatic rings. The molecule has 0 radical (unpaired) electrons. The molecule has 0 aliphatic heterocycles. The largest absolute Gasteiger partial charge is 0.355 e. The Morgan fingerprint density at radius 1 is 1.19 bits per heavy atom. The molecule has 1 N–H and O–H groups in total. The molecule has 4 rings (SSSR count). The first-order valence-corrected chi connectivity index (χ1v) is 8.77. The maximum absolute atomic E-state index is 12.2. The van der Waals surface area contributed by atoms with Gasteiger partial charge >= 0.3 is 0 Å². The summed E-state index contributed by atoms with van der Waals surface area (Å²) in [4.78, 5) is 20.9. The monoisotopic (exact) mass is 361 g/mol. The molecule has 0 spiro atoms. The lowest BCUT2D eigenvalue weighted by molar-refractivity contribution is -0.120. The van der Waals surface area contributed by atoms with E-state index in [-0.39, 0.29) is 12.3 Å². The van der Waals surface area contributed by atoms with Crippen LogP contribution in [0.3, 0.4) is 0 Å². The summed E-state index contributed by atoms with van der Waals surface area (Å²) >= 11 is 0. The van der Waals surface area contributed by atoms with Gasteiger partial charge in [-0.2, -0.15) is 4.98 Å². The van der Waals surface area contributed by atoms with Gasteiger partial charge < -0.3 is 14.2 Å². The van der Waals surface area contributed by atoms with Gasteiger partial charge in [0, 0.05) is 24.7 Å². The van der Waals surface area contributed by atoms with Gasteiger partial charge in [-0.25, -0.2) is 4.98 Å². The van der Waals surface area contributed by atoms with Gasteiger partial charge in [-0.3, -0.25) is 4.79 Å². The molecule has 1 amide bonds. The van der Waals surface area contributed by atoms with Crippen LogP contribution < -0.4 is 5.32 Å². The number of carbonyl (C=O) groups excluding carboxylic acids is 1. The number of amides is 1. The van der Waals surface area contributed by atoms with Crippen molar-refractivity contribution in [1.82, 2.24) is 24.8 Å². The number of aryl methyl sites for hydroxylation is 1. The Balaban J connectivity index is 1.33. The van der Waals surface area contributed by atoms with Crippen LogP contribution in [0.1, 0.15) is 17.3 Å². The molecule has 0 atom stereocenters. The lowest BCUT2D eigenvalue weighted by Gasteiger charge is -2.03. The van der Waals surface area contributed by atoms with Crippen molar-refractivity contribution in [3.8, 4) is 11.4 Å². The third kappa shape index (κ3) is 3.72. The van der Waals surface area contributed by atoms with Crippen molar-refractivity contribution >= 4 is 11.4 Å². The SMILES string of the molecule is Cc1ccccc1-c1noc(CC(=O)NCCc2ncc3ccccn23)n1. The fraction of sp³-hybridized carbons (Fsp3) is 0.200. The van der Waals surface area contributed by atoms with E-state index in [1.807, 2.05) is 66.2 Å². The number of hydrogen-bond donors (Lipinski definition) is 1. The zero-order valence-electron chi connectivity index (χ0n) is 14.9. The first kappa shape index (κ1) is 17.0. The van der Waals surface area contributed by atoms with Crippen molar-refractivity contribution in [2.45, 2.75) is 19.8 Å². The van der Waals surface area contributed by atoms with E-state index in [1.54, 1.807) is 0 Å². The van der Waals surface area contributed by atoms with Crippen LogP contribution >= 0.6 is 0 Å². The molecule has 0 fully saturated rings. The molecule has 0 saturated heterocycles. The Morgan fingerprint density at radius 2 is 2.04 bits per heavy atom. The van der Waals surface area contributed by atoms with Crippen molar-refractivity contribution in [3.05, 3.63) is 72.1 Å². The van der Waals surface area contributed by atoms with E-state index in [1.165, 1.54) is 0 Å². The molecule has 0 bridgehead atoms. The normalized spacial score (nSPS) is 11.0. The Morgan fingerprint density at radius 3 is 2.93 bits per heavy atom. The quantitative estimate of drug-likeness (QED) is 0.570. The third-order valence-corrected chi connectivity index (χ3v) is 4.35. The van der Waals surface area contributed by atoms with E-state index in [2.05, 4.69) is 20.4 Å². The summed E-state index contributed by atoms with van der Waals surface area (Å²) in [5, 5.41) is 6.85. The van der Waals surface area contributed by atoms with Crippen molar-refractivity contribution in [3.63, 3.8) is 0 Å². The molecule has 0 aliphatic carbocycles. The average molecular weight is 361 g/mol. The Labute approximate surface area is 156 Å². The van der Waals surface area contributed by atoms with Gasteiger partial charge in [0.15, 0.2) is 0 Å². The summed E-state index contributed by atoms with van der Waals surface area (Å²) in [7, 11) is 0. The number of nitrogens with one attached hydrogen (secondary N) is 1. The molecule has 0 saturated carbocycles. The Hall–Kier alpha value is -3.48. The summed E-state index contributed by atoms with van der Waals surface area (Å²) < 4.78 is 7.23. The second kappa shape index (κ2) is 7.41. The summed E-state index contributed by atoms with van der Waals surface area (Å²) in [5.41, 5.74) is 2.99. The average Bonchev–Trinajstić information content (AvgIpc) is 3.30. The van der Waals surface area contributed by atoms with Gasteiger partial charge in [0.25, 0.3) is 0 Å². The van der Waals surface area contributed by atoms with Crippen LogP contribution in [0.15, 0.2) is 59.4 Å². The summed E-state index contributed by atoms with van der Waals surface area (Å²) in [6, 6.07) is 13.7. The number of imidazole rings is 1. The van der Waals surface area contributed by atoms with Crippen LogP contribution in [0, 0.1) is 6.92 Å². The minimum absolute atomic E-state index is 0.0568. The highest BCUT2D eigenvalue weighted by Gasteiger charge is 2.13. The Kier molecular flexibility index (Phi) is 4.65. The fourth-order valence-corrected chi connectivity index (χ4v) is 2.96. The molecular formula is C20H19N5O2. The first-order chi connectivity index (χ1) is 13.2. The summed E-state index contributed by atoms with van der Waals surface area (Å²) in [6.07, 6.45) is 4.48. The molecule has 3 heterocycles. The minimum atomic E-state index is -0.157. The van der Waals surface area contributed by atoms with Crippen LogP contribution in [-0.2, 0) is 17.6 Å². The van der Waals surface area contributed by atoms with E-state index >= 15 is 0 Å². The maximum Gasteiger partial charge on any atom is 0.236 e. The van der Waals surface area contributed by atoms with Gasteiger partial charge in [-0.15, -0.1) is 0 Å². The molecule has 1 aromatic carbocycles. The molecule has 3 aromatic heterocycles. The number of pyridine rings is 1. The van der Waals surface area contributed by atoms with E-state index in [9.17, 15) is 4.79 Å². The number of carbonyl (C=O) groups is 1. The second-order valence-corrected chi connectivity index (χ2v) is 6.27. The van der Waals surface area contributed by atoms with Crippen molar-refractivity contribution < 1.29 is 9.32 Å². The molecular weight excluding hydrogens is 342 g/mol. The van der Waals surface area contributed by atoms with Gasteiger partial charge in [-0.05, 0) is 24.6 Å². The third-order valence-electron chi connectivity index (χ3n) is 4.35. The van der Waals surface area contributed by atoms with E-state index < -0.39 is 0 Å². The highest BCUT2D eigenvalue weighted by Crippen LogP contribution is 2.19. The lowest BCUT2D eigenvalue weighted by atomic mass is 10.1. The summed E-state index contributed by atoms with van der Waals surface area (Å²) in [6.45, 7) is 2.48. The fourth-order valence-electron chi connectivity index (χ4n) is 2.96. The van der Waals surface area contributed by atoms with Gasteiger partial charge in [0.05, 0.1) is 11.7 Å². The number of fused-ring (bicyclic) bond motifs is 1. The van der Waals surface area contributed by atoms with Crippen LogP contribution in [0.5, 0.6) is 0 Å². The van der Waals surface area contributed by atoms with E-state index in [0.717, 1.165) is 22.5 Å². The number of hydrogen-bond acceptors (Lipinski definition) is 5. The number of aromatic nitrogens is 4. The maximum atomic E-state index is 12.2. The standard InChI is InChI=1S/C20H19N5O2/c1-14-6-2-3-8-16(14)20-23-19(27-24-20)12-18(26)21-10-9-17-22-13-15-7-4-5-11-25(15)17/h2-8,11,13H,9-10,12H2,1H3,(H,21,26). The number of benzene rings is 1. The van der Waals surface area contributed by atoms with Crippen molar-refractivity contribution in [2.75, 3.05) is 6.54 Å². The molecule has 136 valence electrons. The topological polar surface area (TPSA) is 85.3 Å². The van der Waals surface area contributed by atoms with Crippen molar-refractivity contribution in [2.24, 2.45) is 0 Å². The highest BCUT2D eigenvalue weighted by molar-refractivity contribution is 5.77. The number of rotatable bonds is 6. The minimum Gasteiger partial charge on any atom is -0.355 e. The van der Waals surface area contributed by atoms with Gasteiger partial charge in [0.2, 0.25) is 17.6 Å². The molecule has 7 heteroatoms. The number of nitrogens with zero attached hydrogens (tertiary/aromatic N) is 4. The molecule has 27 heavy (non-hydrogen) atoms. The van der Waals surface area contributed by atoms with Gasteiger partial charge in [0.1, 0.15) is 12.2 Å². The predicted molar refractivity (Wildman–Crippen MR) is 100 cm³/mol. The van der Waals surface area contributed by atoms with Crippen LogP contribution in [0.2, 0.25) is 0 Å². The zero-order valence-corrected chi connectivity index (χ0v) is 14.9. The predicted octanol–water partition coefficient (Wildman–Crippen LogP) is 2.59. The van der Waals surface area contributed by atoms with Crippen LogP contribution in [0.4, 0.5) is 0 Å². The first-order valence-electron chi connectivity index (χ1n) is 8.77. The Bertz CT molecular complexity index is 1080. The molecule has 0 unspecified atom stereocenters. The lowest BCUT2D eigenvalue weighted by Crippen LogP contribution is -2.27. The molecule has 7 nitrogen and oxygen atoms in total. The van der Waals surface area contributed by atoms with Crippen LogP contribution in [0.25, 0.3) is 16.9 Å². The van der Waals surface area contributed by atoms with Crippen LogP contribution in [-0.4, -0.2) is 32.0 Å². The highest BCUT2D eigenvalue weighted by atomic mass is 16.5. The van der Waals surface area contributed by atoms with Crippen molar-refractivity contribution in [1.29, 1.82) is 0 Å². The molecule has 4 aromatic rings. The van der Waals surface area contributed by atoms with E-state index in [0.29, 0.717) is 24.7 Å². The second-order valence-electron chi connectivity index (χ2n) is 6.27. The zero-order chi connectivity index (χ0) is 18.6.